The zero-order chi connectivity index (χ0) is 13.5. The molecule has 0 amide bonds. The van der Waals surface area contributed by atoms with Crippen molar-refractivity contribution in [3.8, 4) is 6.07 Å². The Morgan fingerprint density at radius 1 is 1.26 bits per heavy atom. The van der Waals surface area contributed by atoms with Crippen molar-refractivity contribution in [1.82, 2.24) is 10.3 Å². The molecule has 0 radical (unpaired) electrons. The molecule has 1 atom stereocenters. The summed E-state index contributed by atoms with van der Waals surface area (Å²) < 4.78 is 0. The first kappa shape index (κ1) is 12.3. The van der Waals surface area contributed by atoms with Crippen molar-refractivity contribution in [2.45, 2.75) is 37.6 Å². The van der Waals surface area contributed by atoms with Crippen LogP contribution < -0.4 is 5.32 Å². The van der Waals surface area contributed by atoms with Crippen LogP contribution in [0.1, 0.15) is 32.3 Å². The van der Waals surface area contributed by atoms with Gasteiger partial charge in [-0.3, -0.25) is 0 Å². The van der Waals surface area contributed by atoms with E-state index >= 15 is 0 Å². The van der Waals surface area contributed by atoms with Crippen molar-refractivity contribution in [3.63, 3.8) is 0 Å². The lowest BCUT2D eigenvalue weighted by Crippen LogP contribution is -2.52. The number of fused-ring (bicyclic) bond motifs is 1. The van der Waals surface area contributed by atoms with E-state index in [0.29, 0.717) is 0 Å². The van der Waals surface area contributed by atoms with Gasteiger partial charge in [0.1, 0.15) is 0 Å². The number of aromatic nitrogens is 1. The van der Waals surface area contributed by atoms with E-state index in [0.717, 1.165) is 30.5 Å². The van der Waals surface area contributed by atoms with Crippen molar-refractivity contribution in [2.24, 2.45) is 0 Å². The lowest BCUT2D eigenvalue weighted by Gasteiger charge is -2.41. The minimum absolute atomic E-state index is 0.00630. The zero-order valence-electron chi connectivity index (χ0n) is 11.5. The number of rotatable bonds is 1. The van der Waals surface area contributed by atoms with E-state index in [1.807, 2.05) is 18.3 Å². The molecule has 1 aliphatic heterocycles. The molecule has 0 spiro atoms. The summed E-state index contributed by atoms with van der Waals surface area (Å²) in [5.41, 5.74) is 1.89. The van der Waals surface area contributed by atoms with Crippen molar-refractivity contribution >= 4 is 10.9 Å². The first-order valence-corrected chi connectivity index (χ1v) is 6.79. The number of hydrogen-bond acceptors (Lipinski definition) is 2. The second-order valence-electron chi connectivity index (χ2n) is 6.18. The normalized spacial score (nSPS) is 26.2. The second kappa shape index (κ2) is 4.11. The Bertz CT molecular complexity index is 647. The van der Waals surface area contributed by atoms with Crippen LogP contribution in [0.4, 0.5) is 0 Å². The summed E-state index contributed by atoms with van der Waals surface area (Å²) in [4.78, 5) is 3.30. The van der Waals surface area contributed by atoms with Gasteiger partial charge in [-0.05, 0) is 44.9 Å². The van der Waals surface area contributed by atoms with Crippen molar-refractivity contribution in [1.29, 1.82) is 5.26 Å². The van der Waals surface area contributed by atoms with Gasteiger partial charge in [-0.2, -0.15) is 5.26 Å². The van der Waals surface area contributed by atoms with Crippen LogP contribution in [0.3, 0.4) is 0 Å². The highest BCUT2D eigenvalue weighted by Gasteiger charge is 2.42. The Balaban J connectivity index is 2.15. The van der Waals surface area contributed by atoms with Gasteiger partial charge in [-0.1, -0.05) is 18.2 Å². The lowest BCUT2D eigenvalue weighted by molar-refractivity contribution is 0.234. The molecule has 98 valence electrons. The monoisotopic (exact) mass is 253 g/mol. The molecule has 0 aliphatic carbocycles. The topological polar surface area (TPSA) is 51.6 Å². The molecule has 19 heavy (non-hydrogen) atoms. The fourth-order valence-electron chi connectivity index (χ4n) is 3.37. The van der Waals surface area contributed by atoms with Crippen molar-refractivity contribution in [3.05, 3.63) is 36.0 Å². The van der Waals surface area contributed by atoms with E-state index in [-0.39, 0.29) is 11.0 Å². The third-order valence-corrected chi connectivity index (χ3v) is 4.22. The average molecular weight is 253 g/mol. The SMILES string of the molecule is CC1(C)CC(C#N)(c2c[nH]c3ccccc23)CCN1. The number of benzene rings is 1. The molecular formula is C16H19N3. The molecule has 3 nitrogen and oxygen atoms in total. The van der Waals surface area contributed by atoms with Gasteiger partial charge in [0.25, 0.3) is 0 Å². The largest absolute Gasteiger partial charge is 0.361 e. The van der Waals surface area contributed by atoms with E-state index in [1.165, 1.54) is 5.39 Å². The minimum atomic E-state index is -0.381. The van der Waals surface area contributed by atoms with Crippen LogP contribution in [0, 0.1) is 11.3 Å². The van der Waals surface area contributed by atoms with Gasteiger partial charge in [0, 0.05) is 22.6 Å². The highest BCUT2D eigenvalue weighted by molar-refractivity contribution is 5.84. The quantitative estimate of drug-likeness (QED) is 0.820. The number of hydrogen-bond donors (Lipinski definition) is 2. The molecule has 1 saturated heterocycles. The van der Waals surface area contributed by atoms with Crippen LogP contribution in [-0.4, -0.2) is 17.1 Å². The van der Waals surface area contributed by atoms with Crippen LogP contribution in [0.5, 0.6) is 0 Å². The molecular weight excluding hydrogens is 234 g/mol. The van der Waals surface area contributed by atoms with Crippen LogP contribution in [-0.2, 0) is 5.41 Å². The molecule has 1 aliphatic rings. The van der Waals surface area contributed by atoms with E-state index in [1.54, 1.807) is 0 Å². The Kier molecular flexibility index (Phi) is 2.65. The second-order valence-corrected chi connectivity index (χ2v) is 6.18. The molecule has 0 bridgehead atoms. The Morgan fingerprint density at radius 3 is 2.79 bits per heavy atom. The van der Waals surface area contributed by atoms with E-state index in [2.05, 4.69) is 42.4 Å². The molecule has 2 heterocycles. The fourth-order valence-corrected chi connectivity index (χ4v) is 3.37. The fraction of sp³-hybridized carbons (Fsp3) is 0.438. The van der Waals surface area contributed by atoms with Crippen LogP contribution in [0.15, 0.2) is 30.5 Å². The van der Waals surface area contributed by atoms with Gasteiger partial charge >= 0.3 is 0 Å². The molecule has 3 heteroatoms. The van der Waals surface area contributed by atoms with Crippen molar-refractivity contribution < 1.29 is 0 Å². The molecule has 1 fully saturated rings. The molecule has 2 N–H and O–H groups in total. The maximum absolute atomic E-state index is 9.81. The standard InChI is InChI=1S/C16H19N3/c1-15(2)10-16(11-17,7-8-19-15)13-9-18-14-6-4-3-5-12(13)14/h3-6,9,18-19H,7-8,10H2,1-2H3. The van der Waals surface area contributed by atoms with Gasteiger partial charge in [0.05, 0.1) is 11.5 Å². The van der Waals surface area contributed by atoms with E-state index in [9.17, 15) is 5.26 Å². The van der Waals surface area contributed by atoms with Crippen molar-refractivity contribution in [2.75, 3.05) is 6.54 Å². The molecule has 2 aromatic rings. The maximum atomic E-state index is 9.81. The maximum Gasteiger partial charge on any atom is 0.0872 e. The van der Waals surface area contributed by atoms with Gasteiger partial charge in [0.2, 0.25) is 0 Å². The van der Waals surface area contributed by atoms with Gasteiger partial charge in [0.15, 0.2) is 0 Å². The number of para-hydroxylation sites is 1. The summed E-state index contributed by atoms with van der Waals surface area (Å²) >= 11 is 0. The lowest BCUT2D eigenvalue weighted by atomic mass is 9.68. The first-order chi connectivity index (χ1) is 9.06. The number of piperidine rings is 1. The summed E-state index contributed by atoms with van der Waals surface area (Å²) in [6.45, 7) is 5.24. The number of nitrogens with zero attached hydrogens (tertiary/aromatic N) is 1. The number of nitriles is 1. The first-order valence-electron chi connectivity index (χ1n) is 6.79. The van der Waals surface area contributed by atoms with Crippen LogP contribution >= 0.6 is 0 Å². The molecule has 1 aromatic carbocycles. The highest BCUT2D eigenvalue weighted by Crippen LogP contribution is 2.41. The average Bonchev–Trinajstić information content (AvgIpc) is 2.81. The van der Waals surface area contributed by atoms with E-state index < -0.39 is 0 Å². The summed E-state index contributed by atoms with van der Waals surface area (Å²) in [6, 6.07) is 10.8. The van der Waals surface area contributed by atoms with Crippen LogP contribution in [0.2, 0.25) is 0 Å². The molecule has 1 unspecified atom stereocenters. The third-order valence-electron chi connectivity index (χ3n) is 4.22. The number of aromatic amines is 1. The summed E-state index contributed by atoms with van der Waals surface area (Å²) in [7, 11) is 0. The van der Waals surface area contributed by atoms with Gasteiger partial charge in [-0.25, -0.2) is 0 Å². The Hall–Kier alpha value is -1.79. The zero-order valence-corrected chi connectivity index (χ0v) is 11.5. The number of nitrogens with one attached hydrogen (secondary N) is 2. The van der Waals surface area contributed by atoms with Crippen LogP contribution in [0.25, 0.3) is 10.9 Å². The molecule has 1 aromatic heterocycles. The molecule has 3 rings (SSSR count). The summed E-state index contributed by atoms with van der Waals surface area (Å²) in [5, 5.41) is 14.5. The summed E-state index contributed by atoms with van der Waals surface area (Å²) in [5.74, 6) is 0. The van der Waals surface area contributed by atoms with E-state index in [4.69, 9.17) is 0 Å². The Labute approximate surface area is 113 Å². The third kappa shape index (κ3) is 1.93. The summed E-state index contributed by atoms with van der Waals surface area (Å²) in [6.07, 6.45) is 3.74. The number of H-pyrrole nitrogens is 1. The van der Waals surface area contributed by atoms with Gasteiger partial charge in [-0.15, -0.1) is 0 Å². The van der Waals surface area contributed by atoms with Gasteiger partial charge < -0.3 is 10.3 Å². The highest BCUT2D eigenvalue weighted by atomic mass is 15.0. The predicted molar refractivity (Wildman–Crippen MR) is 76.9 cm³/mol. The smallest absolute Gasteiger partial charge is 0.0872 e. The Morgan fingerprint density at radius 2 is 2.05 bits per heavy atom. The molecule has 0 saturated carbocycles. The predicted octanol–water partition coefficient (Wildman–Crippen LogP) is 3.09. The minimum Gasteiger partial charge on any atom is -0.361 e.